The van der Waals surface area contributed by atoms with Gasteiger partial charge in [-0.15, -0.1) is 0 Å². The monoisotopic (exact) mass is 459 g/mol. The second-order valence-corrected chi connectivity index (χ2v) is 7.69. The fraction of sp³-hybridized carbons (Fsp3) is 0.350. The van der Waals surface area contributed by atoms with Crippen molar-refractivity contribution in [1.29, 1.82) is 0 Å². The van der Waals surface area contributed by atoms with E-state index in [-0.39, 0.29) is 12.6 Å². The predicted octanol–water partition coefficient (Wildman–Crippen LogP) is 2.64. The van der Waals surface area contributed by atoms with Gasteiger partial charge in [0.2, 0.25) is 0 Å². The van der Waals surface area contributed by atoms with E-state index in [4.69, 9.17) is 9.72 Å². The van der Waals surface area contributed by atoms with Crippen molar-refractivity contribution < 1.29 is 14.3 Å². The number of hydrogen-bond acceptors (Lipinski definition) is 5. The van der Waals surface area contributed by atoms with E-state index in [1.54, 1.807) is 11.8 Å². The minimum atomic E-state index is -0.429. The summed E-state index contributed by atoms with van der Waals surface area (Å²) in [5.74, 6) is 0.480. The maximum atomic E-state index is 12.3. The first kappa shape index (κ1) is 19.5. The van der Waals surface area contributed by atoms with Gasteiger partial charge in [-0.05, 0) is 37.3 Å². The van der Waals surface area contributed by atoms with Gasteiger partial charge in [0.1, 0.15) is 6.54 Å². The number of nitrogens with one attached hydrogen (secondary N) is 1. The number of esters is 1. The van der Waals surface area contributed by atoms with Gasteiger partial charge in [-0.3, -0.25) is 4.79 Å². The van der Waals surface area contributed by atoms with Crippen LogP contribution in [0.2, 0.25) is 0 Å². The molecule has 0 bridgehead atoms. The number of amides is 2. The average Bonchev–Trinajstić information content (AvgIpc) is 3.21. The van der Waals surface area contributed by atoms with Crippen LogP contribution in [0.15, 0.2) is 41.0 Å². The molecule has 1 fully saturated rings. The molecule has 0 aliphatic carbocycles. The van der Waals surface area contributed by atoms with E-state index in [1.807, 2.05) is 24.4 Å². The normalized spacial score (nSPS) is 14.4. The molecule has 0 atom stereocenters. The third-order valence-corrected chi connectivity index (χ3v) is 5.45. The highest BCUT2D eigenvalue weighted by Crippen LogP contribution is 2.27. The van der Waals surface area contributed by atoms with E-state index in [0.717, 1.165) is 26.8 Å². The van der Waals surface area contributed by atoms with E-state index in [0.29, 0.717) is 32.8 Å². The Morgan fingerprint density at radius 1 is 1.17 bits per heavy atom. The van der Waals surface area contributed by atoms with Crippen LogP contribution < -0.4 is 10.2 Å². The average molecular weight is 460 g/mol. The first-order valence-electron chi connectivity index (χ1n) is 9.56. The lowest BCUT2D eigenvalue weighted by atomic mass is 10.2. The summed E-state index contributed by atoms with van der Waals surface area (Å²) in [5, 5.41) is 2.62. The first-order chi connectivity index (χ1) is 14.1. The van der Waals surface area contributed by atoms with Crippen molar-refractivity contribution in [3.8, 4) is 0 Å². The molecule has 29 heavy (non-hydrogen) atoms. The van der Waals surface area contributed by atoms with Crippen molar-refractivity contribution >= 4 is 50.3 Å². The third-order valence-electron chi connectivity index (χ3n) is 4.96. The molecule has 1 aliphatic rings. The van der Waals surface area contributed by atoms with Gasteiger partial charge >= 0.3 is 12.0 Å². The molecule has 4 rings (SSSR count). The van der Waals surface area contributed by atoms with E-state index < -0.39 is 5.97 Å². The van der Waals surface area contributed by atoms with Crippen LogP contribution in [0.1, 0.15) is 6.92 Å². The number of fused-ring (bicyclic) bond motifs is 3. The summed E-state index contributed by atoms with van der Waals surface area (Å²) in [4.78, 5) is 32.5. The number of halogens is 1. The molecular weight excluding hydrogens is 438 g/mol. The molecule has 1 saturated heterocycles. The first-order valence-corrected chi connectivity index (χ1v) is 10.4. The highest BCUT2D eigenvalue weighted by molar-refractivity contribution is 9.10. The van der Waals surface area contributed by atoms with Crippen LogP contribution in [-0.2, 0) is 9.53 Å². The van der Waals surface area contributed by atoms with Crippen LogP contribution in [0.25, 0.3) is 16.6 Å². The molecule has 1 aliphatic heterocycles. The number of piperazine rings is 1. The molecule has 0 saturated carbocycles. The van der Waals surface area contributed by atoms with Crippen molar-refractivity contribution in [3.05, 3.63) is 41.0 Å². The standard InChI is InChI=1S/C20H22BrN5O3/c1-2-29-18(27)13-22-20(28)25-10-8-24(9-11-25)19-17-4-3-7-26(17)16-6-5-14(21)12-15(16)23-19/h3-7,12H,2,8-11,13H2,1H3,(H,22,28). The number of rotatable bonds is 4. The molecule has 8 nitrogen and oxygen atoms in total. The van der Waals surface area contributed by atoms with Crippen molar-refractivity contribution in [2.24, 2.45) is 0 Å². The number of nitrogens with zero attached hydrogens (tertiary/aromatic N) is 4. The van der Waals surface area contributed by atoms with E-state index >= 15 is 0 Å². The molecule has 0 spiro atoms. The molecule has 0 radical (unpaired) electrons. The van der Waals surface area contributed by atoms with Gasteiger partial charge in [0, 0.05) is 36.8 Å². The number of ether oxygens (including phenoxy) is 1. The van der Waals surface area contributed by atoms with Crippen molar-refractivity contribution in [2.45, 2.75) is 6.92 Å². The second-order valence-electron chi connectivity index (χ2n) is 6.77. The highest BCUT2D eigenvalue weighted by Gasteiger charge is 2.24. The largest absolute Gasteiger partial charge is 0.465 e. The van der Waals surface area contributed by atoms with Gasteiger partial charge in [-0.1, -0.05) is 15.9 Å². The molecule has 2 aromatic heterocycles. The van der Waals surface area contributed by atoms with Crippen LogP contribution in [-0.4, -0.2) is 65.6 Å². The Bertz CT molecular complexity index is 1060. The Kier molecular flexibility index (Phi) is 5.57. The number of carbonyl (C=O) groups is 2. The number of benzene rings is 1. The highest BCUT2D eigenvalue weighted by atomic mass is 79.9. The van der Waals surface area contributed by atoms with Crippen LogP contribution in [0.4, 0.5) is 10.6 Å². The second kappa shape index (κ2) is 8.28. The van der Waals surface area contributed by atoms with Crippen molar-refractivity contribution in [1.82, 2.24) is 19.6 Å². The maximum absolute atomic E-state index is 12.3. The number of anilines is 1. The fourth-order valence-corrected chi connectivity index (χ4v) is 3.91. The molecule has 0 unspecified atom stereocenters. The number of hydrogen-bond donors (Lipinski definition) is 1. The molecule has 1 aromatic carbocycles. The molecule has 3 aromatic rings. The van der Waals surface area contributed by atoms with Crippen LogP contribution in [0.5, 0.6) is 0 Å². The van der Waals surface area contributed by atoms with Crippen molar-refractivity contribution in [2.75, 3.05) is 44.2 Å². The van der Waals surface area contributed by atoms with Gasteiger partial charge in [-0.25, -0.2) is 9.78 Å². The summed E-state index contributed by atoms with van der Waals surface area (Å²) in [5.41, 5.74) is 3.00. The van der Waals surface area contributed by atoms with Gasteiger partial charge in [0.15, 0.2) is 5.82 Å². The lowest BCUT2D eigenvalue weighted by Crippen LogP contribution is -2.52. The van der Waals surface area contributed by atoms with Crippen LogP contribution in [0.3, 0.4) is 0 Å². The summed E-state index contributed by atoms with van der Waals surface area (Å²) in [7, 11) is 0. The Balaban J connectivity index is 1.48. The molecule has 152 valence electrons. The van der Waals surface area contributed by atoms with Gasteiger partial charge in [-0.2, -0.15) is 0 Å². The zero-order valence-corrected chi connectivity index (χ0v) is 17.7. The lowest BCUT2D eigenvalue weighted by molar-refractivity contribution is -0.141. The molecule has 1 N–H and O–H groups in total. The molecule has 2 amide bonds. The number of carbonyl (C=O) groups excluding carboxylic acids is 2. The smallest absolute Gasteiger partial charge is 0.325 e. The Morgan fingerprint density at radius 2 is 1.97 bits per heavy atom. The third kappa shape index (κ3) is 4.00. The van der Waals surface area contributed by atoms with Crippen molar-refractivity contribution in [3.63, 3.8) is 0 Å². The summed E-state index contributed by atoms with van der Waals surface area (Å²) >= 11 is 3.52. The Hall–Kier alpha value is -2.81. The summed E-state index contributed by atoms with van der Waals surface area (Å²) in [6.45, 7) is 4.37. The zero-order valence-electron chi connectivity index (χ0n) is 16.1. The van der Waals surface area contributed by atoms with Gasteiger partial charge < -0.3 is 24.3 Å². The number of aromatic nitrogens is 2. The Morgan fingerprint density at radius 3 is 2.72 bits per heavy atom. The SMILES string of the molecule is CCOC(=O)CNC(=O)N1CCN(c2nc3cc(Br)ccc3n3cccc23)CC1. The minimum absolute atomic E-state index is 0.112. The molecular formula is C20H22BrN5O3. The lowest BCUT2D eigenvalue weighted by Gasteiger charge is -2.35. The predicted molar refractivity (Wildman–Crippen MR) is 114 cm³/mol. The summed E-state index contributed by atoms with van der Waals surface area (Å²) in [6, 6.07) is 9.90. The quantitative estimate of drug-likeness (QED) is 0.606. The molecule has 9 heteroatoms. The van der Waals surface area contributed by atoms with Crippen LogP contribution in [0, 0.1) is 0 Å². The summed E-state index contributed by atoms with van der Waals surface area (Å²) < 4.78 is 7.96. The van der Waals surface area contributed by atoms with Gasteiger partial charge in [0.05, 0.1) is 23.2 Å². The van der Waals surface area contributed by atoms with Gasteiger partial charge in [0.25, 0.3) is 0 Å². The van der Waals surface area contributed by atoms with Crippen LogP contribution >= 0.6 is 15.9 Å². The number of urea groups is 1. The summed E-state index contributed by atoms with van der Waals surface area (Å²) in [6.07, 6.45) is 2.04. The molecule has 3 heterocycles. The minimum Gasteiger partial charge on any atom is -0.465 e. The van der Waals surface area contributed by atoms with E-state index in [2.05, 4.69) is 42.7 Å². The topological polar surface area (TPSA) is 79.2 Å². The Labute approximate surface area is 176 Å². The van der Waals surface area contributed by atoms with E-state index in [1.165, 1.54) is 0 Å². The maximum Gasteiger partial charge on any atom is 0.325 e. The fourth-order valence-electron chi connectivity index (χ4n) is 3.56. The zero-order chi connectivity index (χ0) is 20.4. The van der Waals surface area contributed by atoms with E-state index in [9.17, 15) is 9.59 Å².